The monoisotopic (exact) mass is 262 g/mol. The molecule has 0 saturated carbocycles. The molecule has 2 aromatic heterocycles. The number of aromatic carboxylic acids is 1. The van der Waals surface area contributed by atoms with Crippen molar-refractivity contribution in [2.75, 3.05) is 13.2 Å². The third-order valence-electron chi connectivity index (χ3n) is 3.44. The van der Waals surface area contributed by atoms with Crippen LogP contribution in [0.4, 0.5) is 0 Å². The lowest BCUT2D eigenvalue weighted by Gasteiger charge is -2.20. The summed E-state index contributed by atoms with van der Waals surface area (Å²) >= 11 is 0. The molecule has 1 aliphatic rings. The predicted molar refractivity (Wildman–Crippen MR) is 66.6 cm³/mol. The van der Waals surface area contributed by atoms with Gasteiger partial charge in [-0.15, -0.1) is 0 Å². The number of aromatic hydroxyl groups is 1. The van der Waals surface area contributed by atoms with Crippen LogP contribution in [0, 0.1) is 0 Å². The zero-order valence-corrected chi connectivity index (χ0v) is 10.2. The zero-order chi connectivity index (χ0) is 13.4. The smallest absolute Gasteiger partial charge is 0.356 e. The van der Waals surface area contributed by atoms with Gasteiger partial charge in [0.25, 0.3) is 0 Å². The normalized spacial score (nSPS) is 16.8. The maximum atomic E-state index is 11.2. The maximum Gasteiger partial charge on any atom is 0.356 e. The van der Waals surface area contributed by atoms with Crippen LogP contribution in [0.15, 0.2) is 18.3 Å². The number of carboxylic acids is 1. The fourth-order valence-corrected chi connectivity index (χ4v) is 2.50. The Kier molecular flexibility index (Phi) is 2.87. The van der Waals surface area contributed by atoms with Crippen molar-refractivity contribution in [3.63, 3.8) is 0 Å². The van der Waals surface area contributed by atoms with E-state index < -0.39 is 5.97 Å². The first kappa shape index (κ1) is 12.0. The Balaban J connectivity index is 2.17. The van der Waals surface area contributed by atoms with Gasteiger partial charge in [-0.25, -0.2) is 9.78 Å². The number of hydrogen-bond donors (Lipinski definition) is 2. The highest BCUT2D eigenvalue weighted by atomic mass is 16.5. The second-order valence-corrected chi connectivity index (χ2v) is 4.65. The second-order valence-electron chi connectivity index (χ2n) is 4.65. The third-order valence-corrected chi connectivity index (χ3v) is 3.44. The van der Waals surface area contributed by atoms with Gasteiger partial charge >= 0.3 is 5.97 Å². The maximum absolute atomic E-state index is 11.2. The SMILES string of the molecule is O=C(O)c1nc(C2CCOCC2)n2cc(O)ccc12. The van der Waals surface area contributed by atoms with Gasteiger partial charge < -0.3 is 14.9 Å². The van der Waals surface area contributed by atoms with Crippen LogP contribution in [0.25, 0.3) is 5.52 Å². The van der Waals surface area contributed by atoms with E-state index in [0.29, 0.717) is 24.6 Å². The first-order chi connectivity index (χ1) is 9.16. The second kappa shape index (κ2) is 4.55. The van der Waals surface area contributed by atoms with Crippen molar-refractivity contribution in [2.24, 2.45) is 0 Å². The molecule has 2 N–H and O–H groups in total. The van der Waals surface area contributed by atoms with Crippen LogP contribution in [0.1, 0.15) is 35.1 Å². The molecule has 100 valence electrons. The van der Waals surface area contributed by atoms with E-state index in [1.807, 2.05) is 0 Å². The predicted octanol–water partition coefficient (Wildman–Crippen LogP) is 1.63. The molecule has 1 saturated heterocycles. The lowest BCUT2D eigenvalue weighted by atomic mass is 9.99. The highest BCUT2D eigenvalue weighted by Crippen LogP contribution is 2.29. The standard InChI is InChI=1S/C13H14N2O4/c16-9-1-2-10-11(13(17)18)14-12(15(10)7-9)8-3-5-19-6-4-8/h1-2,7-8,16H,3-6H2,(H,17,18). The van der Waals surface area contributed by atoms with E-state index in [2.05, 4.69) is 4.98 Å². The molecule has 0 atom stereocenters. The molecule has 1 aliphatic heterocycles. The van der Waals surface area contributed by atoms with Crippen molar-refractivity contribution >= 4 is 11.5 Å². The van der Waals surface area contributed by atoms with E-state index in [1.54, 1.807) is 10.5 Å². The number of hydrogen-bond acceptors (Lipinski definition) is 4. The third kappa shape index (κ3) is 2.04. The van der Waals surface area contributed by atoms with E-state index in [4.69, 9.17) is 4.74 Å². The van der Waals surface area contributed by atoms with Crippen LogP contribution in [-0.2, 0) is 4.74 Å². The van der Waals surface area contributed by atoms with Gasteiger partial charge in [-0.3, -0.25) is 4.40 Å². The van der Waals surface area contributed by atoms with Crippen molar-refractivity contribution in [2.45, 2.75) is 18.8 Å². The van der Waals surface area contributed by atoms with Crippen molar-refractivity contribution in [3.05, 3.63) is 29.8 Å². The molecule has 6 heteroatoms. The van der Waals surface area contributed by atoms with Crippen LogP contribution in [0.3, 0.4) is 0 Å². The molecular formula is C13H14N2O4. The van der Waals surface area contributed by atoms with Crippen LogP contribution >= 0.6 is 0 Å². The number of aromatic nitrogens is 2. The lowest BCUT2D eigenvalue weighted by molar-refractivity contribution is 0.0692. The molecule has 19 heavy (non-hydrogen) atoms. The Bertz CT molecular complexity index is 629. The summed E-state index contributed by atoms with van der Waals surface area (Å²) in [7, 11) is 0. The largest absolute Gasteiger partial charge is 0.506 e. The van der Waals surface area contributed by atoms with Gasteiger partial charge in [0.05, 0.1) is 11.7 Å². The van der Waals surface area contributed by atoms with E-state index >= 15 is 0 Å². The van der Waals surface area contributed by atoms with Gasteiger partial charge in [-0.05, 0) is 25.0 Å². The summed E-state index contributed by atoms with van der Waals surface area (Å²) in [4.78, 5) is 15.5. The van der Waals surface area contributed by atoms with Crippen LogP contribution in [-0.4, -0.2) is 38.8 Å². The Morgan fingerprint density at radius 3 is 2.79 bits per heavy atom. The van der Waals surface area contributed by atoms with Crippen molar-refractivity contribution in [1.29, 1.82) is 0 Å². The van der Waals surface area contributed by atoms with Crippen LogP contribution in [0.5, 0.6) is 5.75 Å². The minimum absolute atomic E-state index is 0.0292. The molecule has 1 fully saturated rings. The van der Waals surface area contributed by atoms with E-state index in [-0.39, 0.29) is 17.4 Å². The number of imidazole rings is 1. The molecular weight excluding hydrogens is 248 g/mol. The molecule has 2 aromatic rings. The molecule has 3 rings (SSSR count). The fraction of sp³-hybridized carbons (Fsp3) is 0.385. The Morgan fingerprint density at radius 2 is 2.11 bits per heavy atom. The minimum Gasteiger partial charge on any atom is -0.506 e. The van der Waals surface area contributed by atoms with Gasteiger partial charge in [0.15, 0.2) is 5.69 Å². The lowest BCUT2D eigenvalue weighted by Crippen LogP contribution is -2.16. The fourth-order valence-electron chi connectivity index (χ4n) is 2.50. The van der Waals surface area contributed by atoms with E-state index in [9.17, 15) is 15.0 Å². The van der Waals surface area contributed by atoms with Crippen LogP contribution in [0.2, 0.25) is 0 Å². The highest BCUT2D eigenvalue weighted by molar-refractivity contribution is 5.93. The molecule has 3 heterocycles. The Labute approximate surface area is 109 Å². The number of rotatable bonds is 2. The number of fused-ring (bicyclic) bond motifs is 1. The molecule has 0 radical (unpaired) electrons. The molecule has 0 bridgehead atoms. The quantitative estimate of drug-likeness (QED) is 0.859. The van der Waals surface area contributed by atoms with Crippen molar-refractivity contribution in [1.82, 2.24) is 9.38 Å². The average Bonchev–Trinajstić information content (AvgIpc) is 2.78. The van der Waals surface area contributed by atoms with E-state index in [0.717, 1.165) is 12.8 Å². The molecule has 0 spiro atoms. The van der Waals surface area contributed by atoms with E-state index in [1.165, 1.54) is 12.3 Å². The first-order valence-electron chi connectivity index (χ1n) is 6.19. The topological polar surface area (TPSA) is 84.1 Å². The summed E-state index contributed by atoms with van der Waals surface area (Å²) in [6.45, 7) is 1.31. The van der Waals surface area contributed by atoms with Gasteiger partial charge in [-0.1, -0.05) is 0 Å². The summed E-state index contributed by atoms with van der Waals surface area (Å²) in [6.07, 6.45) is 3.14. The Hall–Kier alpha value is -2.08. The van der Waals surface area contributed by atoms with Gasteiger partial charge in [-0.2, -0.15) is 0 Å². The zero-order valence-electron chi connectivity index (χ0n) is 10.2. The van der Waals surface area contributed by atoms with Gasteiger partial charge in [0.2, 0.25) is 0 Å². The summed E-state index contributed by atoms with van der Waals surface area (Å²) in [6, 6.07) is 3.05. The first-order valence-corrected chi connectivity index (χ1v) is 6.19. The summed E-state index contributed by atoms with van der Waals surface area (Å²) in [5.41, 5.74) is 0.535. The summed E-state index contributed by atoms with van der Waals surface area (Å²) in [5, 5.41) is 18.8. The average molecular weight is 262 g/mol. The molecule has 6 nitrogen and oxygen atoms in total. The number of pyridine rings is 1. The van der Waals surface area contributed by atoms with Gasteiger partial charge in [0.1, 0.15) is 11.6 Å². The minimum atomic E-state index is -1.05. The molecule has 0 amide bonds. The highest BCUT2D eigenvalue weighted by Gasteiger charge is 2.24. The van der Waals surface area contributed by atoms with Crippen molar-refractivity contribution in [3.8, 4) is 5.75 Å². The number of ether oxygens (including phenoxy) is 1. The Morgan fingerprint density at radius 1 is 1.37 bits per heavy atom. The molecule has 0 unspecified atom stereocenters. The molecule has 0 aliphatic carbocycles. The summed E-state index contributed by atoms with van der Waals surface area (Å²) < 4.78 is 6.98. The number of carboxylic acid groups (broad SMARTS) is 1. The van der Waals surface area contributed by atoms with Crippen molar-refractivity contribution < 1.29 is 19.7 Å². The summed E-state index contributed by atoms with van der Waals surface area (Å²) in [5.74, 6) is -0.112. The number of carbonyl (C=O) groups is 1. The number of nitrogens with zero attached hydrogens (tertiary/aromatic N) is 2. The van der Waals surface area contributed by atoms with Gasteiger partial charge in [0, 0.05) is 19.1 Å². The van der Waals surface area contributed by atoms with Crippen LogP contribution < -0.4 is 0 Å². The molecule has 0 aromatic carbocycles.